The monoisotopic (exact) mass is 1010 g/mol. The summed E-state index contributed by atoms with van der Waals surface area (Å²) in [5.41, 5.74) is 0. The lowest BCUT2D eigenvalue weighted by Crippen LogP contribution is -2.45. The fourth-order valence-corrected chi connectivity index (χ4v) is 8.96. The molecule has 2 N–H and O–H groups in total. The molecule has 412 valence electrons. The molecule has 0 heterocycles. The number of unbranched alkanes of at least 4 members (excludes halogenated alkanes) is 28. The number of rotatable bonds is 53. The highest BCUT2D eigenvalue weighted by molar-refractivity contribution is 7.45. The SMILES string of the molecule is CC/C=C\C/C=C\C/C=C\C/C=C\CCCCCCCCCCCCCCCCCCCCC(=O)NC(COP(=O)([O-])OCC[N+](C)(C)C)C(O)/C=C/CC/C=C/CC/C=C/CCCCCCCCCC. The summed E-state index contributed by atoms with van der Waals surface area (Å²) in [6, 6.07) is -0.913. The minimum Gasteiger partial charge on any atom is -0.756 e. The van der Waals surface area contributed by atoms with Gasteiger partial charge in [0.2, 0.25) is 5.91 Å². The summed E-state index contributed by atoms with van der Waals surface area (Å²) >= 11 is 0. The molecule has 3 unspecified atom stereocenters. The van der Waals surface area contributed by atoms with Gasteiger partial charge in [-0.3, -0.25) is 9.36 Å². The van der Waals surface area contributed by atoms with Crippen LogP contribution in [0.4, 0.5) is 0 Å². The van der Waals surface area contributed by atoms with Gasteiger partial charge in [0.15, 0.2) is 0 Å². The number of likely N-dealkylation sites (N-methyl/N-ethyl adjacent to an activating group) is 1. The number of carbonyl (C=O) groups excluding carboxylic acids is 1. The van der Waals surface area contributed by atoms with Crippen molar-refractivity contribution in [2.45, 2.75) is 264 Å². The molecule has 71 heavy (non-hydrogen) atoms. The second-order valence-corrected chi connectivity index (χ2v) is 22.4. The summed E-state index contributed by atoms with van der Waals surface area (Å²) < 4.78 is 23.3. The van der Waals surface area contributed by atoms with Crippen LogP contribution in [0.2, 0.25) is 0 Å². The summed E-state index contributed by atoms with van der Waals surface area (Å²) in [5, 5.41) is 13.9. The number of nitrogens with one attached hydrogen (secondary N) is 1. The molecule has 0 saturated carbocycles. The van der Waals surface area contributed by atoms with Crippen LogP contribution in [0.25, 0.3) is 0 Å². The van der Waals surface area contributed by atoms with Crippen LogP contribution in [0.15, 0.2) is 85.1 Å². The van der Waals surface area contributed by atoms with E-state index in [1.807, 2.05) is 27.2 Å². The fraction of sp³-hybridized carbons (Fsp3) is 0.758. The average molecular weight is 1010 g/mol. The van der Waals surface area contributed by atoms with Gasteiger partial charge in [0, 0.05) is 6.42 Å². The number of hydrogen-bond acceptors (Lipinski definition) is 6. The van der Waals surface area contributed by atoms with Crippen molar-refractivity contribution in [3.05, 3.63) is 85.1 Å². The van der Waals surface area contributed by atoms with E-state index in [0.717, 1.165) is 70.6 Å². The van der Waals surface area contributed by atoms with E-state index < -0.39 is 26.6 Å². The Labute approximate surface area is 439 Å². The molecule has 0 aliphatic heterocycles. The van der Waals surface area contributed by atoms with E-state index >= 15 is 0 Å². The molecular weight excluding hydrogens is 900 g/mol. The summed E-state index contributed by atoms with van der Waals surface area (Å²) in [5.74, 6) is -0.211. The first-order valence-electron chi connectivity index (χ1n) is 29.4. The van der Waals surface area contributed by atoms with Gasteiger partial charge in [0.05, 0.1) is 39.9 Å². The second kappa shape index (κ2) is 52.5. The molecule has 9 heteroatoms. The molecule has 0 aromatic heterocycles. The Morgan fingerprint density at radius 1 is 0.507 bits per heavy atom. The van der Waals surface area contributed by atoms with Gasteiger partial charge in [-0.25, -0.2) is 0 Å². The third kappa shape index (κ3) is 55.3. The van der Waals surface area contributed by atoms with Gasteiger partial charge in [-0.2, -0.15) is 0 Å². The van der Waals surface area contributed by atoms with E-state index in [2.05, 4.69) is 92.1 Å². The van der Waals surface area contributed by atoms with Crippen LogP contribution < -0.4 is 10.2 Å². The molecule has 8 nitrogen and oxygen atoms in total. The number of allylic oxidation sites excluding steroid dienone is 13. The van der Waals surface area contributed by atoms with Gasteiger partial charge in [0.25, 0.3) is 7.82 Å². The summed E-state index contributed by atoms with van der Waals surface area (Å²) in [6.45, 7) is 4.51. The number of carbonyl (C=O) groups is 1. The standard InChI is InChI=1S/C62H113N2O6P/c1-6-8-10-12-14-16-18-20-22-24-26-27-28-29-30-31-32-33-34-35-36-37-38-40-42-44-46-48-50-52-54-56-62(66)63-60(59-70-71(67,68)69-58-57-64(3,4)5)61(65)55-53-51-49-47-45-43-41-39-25-23-21-19-17-15-13-11-9-7-2/h8,10,14,16,20,22,25-27,39,45,47,53,55,60-61,65H,6-7,9,11-13,15,17-19,21,23-24,28-38,40-44,46,48-52,54,56-59H2,1-5H3,(H-,63,66,67,68)/b10-8-,16-14-,22-20-,27-26-,39-25+,47-45+,55-53+. The zero-order valence-electron chi connectivity index (χ0n) is 46.9. The van der Waals surface area contributed by atoms with Crippen molar-refractivity contribution in [3.8, 4) is 0 Å². The second-order valence-electron chi connectivity index (χ2n) is 20.9. The third-order valence-corrected chi connectivity index (χ3v) is 13.8. The highest BCUT2D eigenvalue weighted by Gasteiger charge is 2.23. The maximum atomic E-state index is 13.0. The maximum absolute atomic E-state index is 13.0. The number of nitrogens with zero attached hydrogens (tertiary/aromatic N) is 1. The highest BCUT2D eigenvalue weighted by Crippen LogP contribution is 2.38. The zero-order chi connectivity index (χ0) is 52.0. The van der Waals surface area contributed by atoms with Crippen LogP contribution >= 0.6 is 7.82 Å². The van der Waals surface area contributed by atoms with Gasteiger partial charge < -0.3 is 28.8 Å². The molecule has 0 bridgehead atoms. The Bertz CT molecular complexity index is 1430. The third-order valence-electron chi connectivity index (χ3n) is 12.8. The van der Waals surface area contributed by atoms with Crippen LogP contribution in [0.1, 0.15) is 251 Å². The quantitative estimate of drug-likeness (QED) is 0.0272. The molecule has 0 aliphatic rings. The number of aliphatic hydroxyl groups excluding tert-OH is 1. The van der Waals surface area contributed by atoms with Gasteiger partial charge in [-0.15, -0.1) is 0 Å². The summed E-state index contributed by atoms with van der Waals surface area (Å²) in [4.78, 5) is 25.5. The van der Waals surface area contributed by atoms with Crippen LogP contribution in [0.5, 0.6) is 0 Å². The molecule has 0 radical (unpaired) electrons. The molecule has 0 aromatic carbocycles. The number of aliphatic hydroxyl groups is 1. The topological polar surface area (TPSA) is 108 Å². The minimum absolute atomic E-state index is 0.0109. The van der Waals surface area contributed by atoms with Crippen LogP contribution in [0.3, 0.4) is 0 Å². The number of quaternary nitrogens is 1. The highest BCUT2D eigenvalue weighted by atomic mass is 31.2. The van der Waals surface area contributed by atoms with Crippen molar-refractivity contribution >= 4 is 13.7 Å². The average Bonchev–Trinajstić information content (AvgIpc) is 3.33. The van der Waals surface area contributed by atoms with Crippen molar-refractivity contribution in [1.29, 1.82) is 0 Å². The molecule has 0 saturated heterocycles. The maximum Gasteiger partial charge on any atom is 0.268 e. The van der Waals surface area contributed by atoms with Gasteiger partial charge in [-0.1, -0.05) is 247 Å². The minimum atomic E-state index is -4.61. The lowest BCUT2D eigenvalue weighted by molar-refractivity contribution is -0.870. The van der Waals surface area contributed by atoms with E-state index in [9.17, 15) is 19.4 Å². The Hall–Kier alpha value is -2.32. The van der Waals surface area contributed by atoms with Gasteiger partial charge in [-0.05, 0) is 83.5 Å². The molecule has 0 fully saturated rings. The number of phosphoric ester groups is 1. The van der Waals surface area contributed by atoms with E-state index in [-0.39, 0.29) is 12.5 Å². The lowest BCUT2D eigenvalue weighted by atomic mass is 10.0. The normalized spacial score (nSPS) is 14.5. The molecule has 0 spiro atoms. The Balaban J connectivity index is 4.16. The van der Waals surface area contributed by atoms with Gasteiger partial charge in [0.1, 0.15) is 13.2 Å². The predicted molar refractivity (Wildman–Crippen MR) is 307 cm³/mol. The summed E-state index contributed by atoms with van der Waals surface area (Å²) in [7, 11) is 1.23. The van der Waals surface area contributed by atoms with Crippen molar-refractivity contribution < 1.29 is 32.9 Å². The smallest absolute Gasteiger partial charge is 0.268 e. The molecule has 0 aromatic rings. The van der Waals surface area contributed by atoms with Crippen LogP contribution in [-0.2, 0) is 18.4 Å². The van der Waals surface area contributed by atoms with Crippen LogP contribution in [0, 0.1) is 0 Å². The van der Waals surface area contributed by atoms with Crippen LogP contribution in [-0.4, -0.2) is 68.5 Å². The molecule has 0 aliphatic carbocycles. The first-order valence-corrected chi connectivity index (χ1v) is 30.9. The van der Waals surface area contributed by atoms with Crippen molar-refractivity contribution in [1.82, 2.24) is 5.32 Å². The van der Waals surface area contributed by atoms with E-state index in [0.29, 0.717) is 17.4 Å². The van der Waals surface area contributed by atoms with E-state index in [1.165, 1.54) is 161 Å². The molecule has 0 rings (SSSR count). The molecule has 1 amide bonds. The van der Waals surface area contributed by atoms with Crippen molar-refractivity contribution in [2.24, 2.45) is 0 Å². The zero-order valence-corrected chi connectivity index (χ0v) is 47.8. The Kier molecular flexibility index (Phi) is 50.8. The number of phosphoric acid groups is 1. The fourth-order valence-electron chi connectivity index (χ4n) is 8.24. The Morgan fingerprint density at radius 3 is 1.31 bits per heavy atom. The predicted octanol–water partition coefficient (Wildman–Crippen LogP) is 17.4. The van der Waals surface area contributed by atoms with E-state index in [1.54, 1.807) is 6.08 Å². The largest absolute Gasteiger partial charge is 0.756 e. The number of amides is 1. The Morgan fingerprint density at radius 2 is 0.873 bits per heavy atom. The molecular formula is C62H113N2O6P. The lowest BCUT2D eigenvalue weighted by Gasteiger charge is -2.29. The first kappa shape index (κ1) is 68.7. The van der Waals surface area contributed by atoms with Crippen molar-refractivity contribution in [2.75, 3.05) is 40.9 Å². The van der Waals surface area contributed by atoms with Gasteiger partial charge >= 0.3 is 0 Å². The van der Waals surface area contributed by atoms with Crippen molar-refractivity contribution in [3.63, 3.8) is 0 Å². The number of hydrogen-bond donors (Lipinski definition) is 2. The summed E-state index contributed by atoms with van der Waals surface area (Å²) in [6.07, 6.45) is 73.8. The first-order chi connectivity index (χ1) is 34.5. The molecule has 3 atom stereocenters. The van der Waals surface area contributed by atoms with E-state index in [4.69, 9.17) is 9.05 Å².